The largest absolute Gasteiger partial charge is 0.393 e. The zero-order valence-electron chi connectivity index (χ0n) is 12.1. The Balaban J connectivity index is 3.99. The van der Waals surface area contributed by atoms with Crippen LogP contribution in [0.15, 0.2) is 0 Å². The number of amides is 1. The van der Waals surface area contributed by atoms with E-state index in [0.29, 0.717) is 25.6 Å². The molecule has 0 saturated carbocycles. The highest BCUT2D eigenvalue weighted by Gasteiger charge is 2.21. The number of hydrogen-bond donors (Lipinski definition) is 2. The van der Waals surface area contributed by atoms with Gasteiger partial charge >= 0.3 is 0 Å². The van der Waals surface area contributed by atoms with Gasteiger partial charge in [-0.25, -0.2) is 0 Å². The molecule has 102 valence electrons. The molecule has 0 saturated heterocycles. The minimum Gasteiger partial charge on any atom is -0.393 e. The molecule has 17 heavy (non-hydrogen) atoms. The quantitative estimate of drug-likeness (QED) is 0.708. The Bertz CT molecular complexity index is 238. The van der Waals surface area contributed by atoms with Crippen LogP contribution in [0.3, 0.4) is 0 Å². The number of nitrogens with one attached hydrogen (secondary N) is 1. The van der Waals surface area contributed by atoms with Crippen molar-refractivity contribution in [3.63, 3.8) is 0 Å². The summed E-state index contributed by atoms with van der Waals surface area (Å²) in [6.07, 6.45) is 0.355. The van der Waals surface area contributed by atoms with Crippen LogP contribution in [-0.4, -0.2) is 48.2 Å². The molecule has 1 atom stereocenters. The average molecular weight is 244 g/mol. The number of likely N-dealkylation sites (N-methyl/N-ethyl adjacent to an activating group) is 1. The van der Waals surface area contributed by atoms with Gasteiger partial charge in [0.2, 0.25) is 5.91 Å². The highest BCUT2D eigenvalue weighted by Crippen LogP contribution is 2.20. The number of hydrogen-bond acceptors (Lipinski definition) is 3. The first-order chi connectivity index (χ1) is 7.64. The summed E-state index contributed by atoms with van der Waals surface area (Å²) in [5.41, 5.74) is -0.0692. The summed E-state index contributed by atoms with van der Waals surface area (Å²) in [6.45, 7) is 11.0. The maximum absolute atomic E-state index is 11.7. The number of nitrogens with zero attached hydrogens (tertiary/aromatic N) is 1. The molecular formula is C13H28N2O2. The van der Waals surface area contributed by atoms with E-state index in [-0.39, 0.29) is 17.4 Å². The summed E-state index contributed by atoms with van der Waals surface area (Å²) >= 11 is 0. The number of carbonyl (C=O) groups excluding carboxylic acids is 1. The maximum atomic E-state index is 11.7. The lowest BCUT2D eigenvalue weighted by Crippen LogP contribution is -2.42. The average Bonchev–Trinajstić information content (AvgIpc) is 2.12. The topological polar surface area (TPSA) is 52.6 Å². The number of carbonyl (C=O) groups is 1. The zero-order valence-corrected chi connectivity index (χ0v) is 12.1. The summed E-state index contributed by atoms with van der Waals surface area (Å²) in [5.74, 6) is 0.0415. The summed E-state index contributed by atoms with van der Waals surface area (Å²) in [7, 11) is 1.94. The van der Waals surface area contributed by atoms with Crippen molar-refractivity contribution >= 4 is 5.91 Å². The smallest absolute Gasteiger partial charge is 0.234 e. The molecule has 1 unspecified atom stereocenters. The Morgan fingerprint density at radius 2 is 1.88 bits per heavy atom. The molecule has 0 bridgehead atoms. The molecule has 0 spiro atoms. The molecule has 0 aromatic rings. The van der Waals surface area contributed by atoms with Gasteiger partial charge in [-0.3, -0.25) is 9.69 Å². The molecule has 0 aromatic heterocycles. The van der Waals surface area contributed by atoms with Crippen LogP contribution in [0.2, 0.25) is 0 Å². The molecule has 0 rings (SSSR count). The van der Waals surface area contributed by atoms with E-state index in [9.17, 15) is 9.90 Å². The van der Waals surface area contributed by atoms with Crippen molar-refractivity contribution in [1.29, 1.82) is 0 Å². The number of rotatable bonds is 7. The van der Waals surface area contributed by atoms with Gasteiger partial charge in [-0.2, -0.15) is 0 Å². The molecule has 0 aliphatic rings. The molecule has 0 fully saturated rings. The second kappa shape index (κ2) is 6.97. The zero-order chi connectivity index (χ0) is 13.6. The van der Waals surface area contributed by atoms with Gasteiger partial charge in [0.15, 0.2) is 0 Å². The van der Waals surface area contributed by atoms with E-state index in [0.717, 1.165) is 0 Å². The third kappa shape index (κ3) is 8.16. The van der Waals surface area contributed by atoms with Crippen molar-refractivity contribution in [1.82, 2.24) is 10.2 Å². The second-order valence-electron chi connectivity index (χ2n) is 6.00. The van der Waals surface area contributed by atoms with Gasteiger partial charge in [0, 0.05) is 12.6 Å². The van der Waals surface area contributed by atoms with Gasteiger partial charge in [0.1, 0.15) is 0 Å². The third-order valence-corrected chi connectivity index (χ3v) is 2.89. The normalized spacial score (nSPS) is 14.2. The van der Waals surface area contributed by atoms with Crippen LogP contribution >= 0.6 is 0 Å². The predicted octanol–water partition coefficient (Wildman–Crippen LogP) is 1.24. The van der Waals surface area contributed by atoms with Gasteiger partial charge < -0.3 is 10.4 Å². The molecule has 1 amide bonds. The van der Waals surface area contributed by atoms with Crippen LogP contribution in [0, 0.1) is 5.41 Å². The van der Waals surface area contributed by atoms with E-state index in [1.165, 1.54) is 0 Å². The molecule has 2 N–H and O–H groups in total. The lowest BCUT2D eigenvalue weighted by molar-refractivity contribution is -0.122. The van der Waals surface area contributed by atoms with E-state index in [4.69, 9.17) is 0 Å². The Labute approximate surface area is 105 Å². The van der Waals surface area contributed by atoms with Crippen LogP contribution in [0.5, 0.6) is 0 Å². The Morgan fingerprint density at radius 3 is 2.29 bits per heavy atom. The first-order valence-corrected chi connectivity index (χ1v) is 6.29. The number of aliphatic hydroxyl groups is 1. The van der Waals surface area contributed by atoms with E-state index in [2.05, 4.69) is 19.2 Å². The Kier molecular flexibility index (Phi) is 6.72. The second-order valence-corrected chi connectivity index (χ2v) is 6.00. The van der Waals surface area contributed by atoms with Crippen LogP contribution in [0.25, 0.3) is 0 Å². The van der Waals surface area contributed by atoms with Crippen molar-refractivity contribution in [3.05, 3.63) is 0 Å². The van der Waals surface area contributed by atoms with Gasteiger partial charge in [-0.1, -0.05) is 13.8 Å². The maximum Gasteiger partial charge on any atom is 0.234 e. The summed E-state index contributed by atoms with van der Waals surface area (Å²) < 4.78 is 0. The predicted molar refractivity (Wildman–Crippen MR) is 70.9 cm³/mol. The van der Waals surface area contributed by atoms with Gasteiger partial charge in [-0.05, 0) is 39.7 Å². The Hall–Kier alpha value is -0.610. The number of aliphatic hydroxyl groups excluding tert-OH is 1. The minimum atomic E-state index is -0.333. The van der Waals surface area contributed by atoms with Crippen LogP contribution in [0.4, 0.5) is 0 Å². The highest BCUT2D eigenvalue weighted by molar-refractivity contribution is 5.78. The van der Waals surface area contributed by atoms with Gasteiger partial charge in [-0.15, -0.1) is 0 Å². The van der Waals surface area contributed by atoms with Crippen molar-refractivity contribution < 1.29 is 9.90 Å². The molecule has 0 aromatic carbocycles. The SMILES string of the molecule is CC(O)CC(C)(C)CNC(=O)CN(C)C(C)C. The third-order valence-electron chi connectivity index (χ3n) is 2.89. The fourth-order valence-corrected chi connectivity index (χ4v) is 1.67. The lowest BCUT2D eigenvalue weighted by atomic mass is 9.87. The van der Waals surface area contributed by atoms with Gasteiger partial charge in [0.25, 0.3) is 0 Å². The van der Waals surface area contributed by atoms with E-state index < -0.39 is 0 Å². The van der Waals surface area contributed by atoms with Crippen molar-refractivity contribution in [3.8, 4) is 0 Å². The standard InChI is InChI=1S/C13H28N2O2/c1-10(2)15(6)8-12(17)14-9-13(4,5)7-11(3)16/h10-11,16H,7-9H2,1-6H3,(H,14,17). The van der Waals surface area contributed by atoms with Gasteiger partial charge in [0.05, 0.1) is 12.6 Å². The van der Waals surface area contributed by atoms with Crippen molar-refractivity contribution in [2.75, 3.05) is 20.1 Å². The summed E-state index contributed by atoms with van der Waals surface area (Å²) in [4.78, 5) is 13.7. The van der Waals surface area contributed by atoms with E-state index in [1.54, 1.807) is 6.92 Å². The molecule has 4 nitrogen and oxygen atoms in total. The molecule has 0 aliphatic heterocycles. The first kappa shape index (κ1) is 16.4. The fraction of sp³-hybridized carbons (Fsp3) is 0.923. The highest BCUT2D eigenvalue weighted by atomic mass is 16.3. The summed E-state index contributed by atoms with van der Waals surface area (Å²) in [6, 6.07) is 0.367. The monoisotopic (exact) mass is 244 g/mol. The van der Waals surface area contributed by atoms with Crippen LogP contribution < -0.4 is 5.32 Å². The van der Waals surface area contributed by atoms with Crippen molar-refractivity contribution in [2.45, 2.75) is 53.2 Å². The lowest BCUT2D eigenvalue weighted by Gasteiger charge is -2.27. The van der Waals surface area contributed by atoms with Crippen LogP contribution in [0.1, 0.15) is 41.0 Å². The van der Waals surface area contributed by atoms with Crippen molar-refractivity contribution in [2.24, 2.45) is 5.41 Å². The van der Waals surface area contributed by atoms with Crippen LogP contribution in [-0.2, 0) is 4.79 Å². The molecule has 0 aliphatic carbocycles. The van der Waals surface area contributed by atoms with E-state index >= 15 is 0 Å². The molecule has 4 heteroatoms. The van der Waals surface area contributed by atoms with E-state index in [1.807, 2.05) is 25.8 Å². The molecule has 0 heterocycles. The summed E-state index contributed by atoms with van der Waals surface area (Å²) in [5, 5.41) is 12.3. The first-order valence-electron chi connectivity index (χ1n) is 6.29. The minimum absolute atomic E-state index is 0.0415. The molecular weight excluding hydrogens is 216 g/mol. The fourth-order valence-electron chi connectivity index (χ4n) is 1.67. The Morgan fingerprint density at radius 1 is 1.35 bits per heavy atom. The molecule has 0 radical (unpaired) electrons.